The normalized spacial score (nSPS) is 18.6. The second kappa shape index (κ2) is 7.13. The Labute approximate surface area is 141 Å². The summed E-state index contributed by atoms with van der Waals surface area (Å²) in [6.45, 7) is 2.60. The molecule has 2 aromatic rings. The fourth-order valence-corrected chi connectivity index (χ4v) is 2.69. The molecule has 1 fully saturated rings. The number of likely N-dealkylation sites (N-methyl/N-ethyl adjacent to an activating group) is 1. The highest BCUT2D eigenvalue weighted by molar-refractivity contribution is 6.30. The predicted molar refractivity (Wildman–Crippen MR) is 92.0 cm³/mol. The molecule has 0 bridgehead atoms. The summed E-state index contributed by atoms with van der Waals surface area (Å²) >= 11 is 5.83. The Kier molecular flexibility index (Phi) is 4.96. The summed E-state index contributed by atoms with van der Waals surface area (Å²) in [7, 11) is 2.09. The molecule has 0 aromatic heterocycles. The van der Waals surface area contributed by atoms with Crippen LogP contribution in [0.5, 0.6) is 0 Å². The number of amides is 1. The molecule has 0 radical (unpaired) electrons. The lowest BCUT2D eigenvalue weighted by Crippen LogP contribution is -2.35. The molecular formula is C18H19ClN2O2. The molecule has 1 saturated heterocycles. The fraction of sp³-hybridized carbons (Fsp3) is 0.278. The van der Waals surface area contributed by atoms with Gasteiger partial charge in [-0.3, -0.25) is 4.79 Å². The van der Waals surface area contributed by atoms with Crippen LogP contribution in [0.3, 0.4) is 0 Å². The molecule has 23 heavy (non-hydrogen) atoms. The SMILES string of the molecule is CN1CCO[C@H](c2ccc(NC(=O)c3ccc(Cl)cc3)cc2)C1. The molecule has 1 atom stereocenters. The van der Waals surface area contributed by atoms with Crippen LogP contribution in [0, 0.1) is 0 Å². The van der Waals surface area contributed by atoms with Crippen molar-refractivity contribution in [1.82, 2.24) is 4.90 Å². The molecule has 0 unspecified atom stereocenters. The van der Waals surface area contributed by atoms with Crippen molar-refractivity contribution in [2.24, 2.45) is 0 Å². The van der Waals surface area contributed by atoms with E-state index in [1.54, 1.807) is 24.3 Å². The van der Waals surface area contributed by atoms with Crippen LogP contribution < -0.4 is 5.32 Å². The summed E-state index contributed by atoms with van der Waals surface area (Å²) in [6, 6.07) is 14.6. The molecule has 3 rings (SSSR count). The Balaban J connectivity index is 1.65. The van der Waals surface area contributed by atoms with Crippen LogP contribution in [-0.2, 0) is 4.74 Å². The third-order valence-corrected chi connectivity index (χ3v) is 4.17. The van der Waals surface area contributed by atoms with Crippen molar-refractivity contribution in [3.63, 3.8) is 0 Å². The number of morpholine rings is 1. The third-order valence-electron chi connectivity index (χ3n) is 3.92. The van der Waals surface area contributed by atoms with Gasteiger partial charge < -0.3 is 15.0 Å². The van der Waals surface area contributed by atoms with Crippen molar-refractivity contribution in [2.45, 2.75) is 6.10 Å². The van der Waals surface area contributed by atoms with E-state index in [9.17, 15) is 4.79 Å². The van der Waals surface area contributed by atoms with Crippen LogP contribution in [0.2, 0.25) is 5.02 Å². The molecule has 1 N–H and O–H groups in total. The van der Waals surface area contributed by atoms with Crippen molar-refractivity contribution < 1.29 is 9.53 Å². The van der Waals surface area contributed by atoms with Gasteiger partial charge in [0.25, 0.3) is 5.91 Å². The quantitative estimate of drug-likeness (QED) is 0.935. The van der Waals surface area contributed by atoms with Gasteiger partial charge >= 0.3 is 0 Å². The number of hydrogen-bond donors (Lipinski definition) is 1. The van der Waals surface area contributed by atoms with E-state index in [2.05, 4.69) is 17.3 Å². The maximum Gasteiger partial charge on any atom is 0.255 e. The zero-order chi connectivity index (χ0) is 16.2. The van der Waals surface area contributed by atoms with Gasteiger partial charge in [-0.1, -0.05) is 23.7 Å². The summed E-state index contributed by atoms with van der Waals surface area (Å²) in [4.78, 5) is 14.4. The number of nitrogens with one attached hydrogen (secondary N) is 1. The van der Waals surface area contributed by atoms with Crippen molar-refractivity contribution >= 4 is 23.2 Å². The summed E-state index contributed by atoms with van der Waals surface area (Å²) in [6.07, 6.45) is 0.0924. The van der Waals surface area contributed by atoms with Gasteiger partial charge in [0.1, 0.15) is 0 Å². The Morgan fingerprint density at radius 1 is 1.17 bits per heavy atom. The number of ether oxygens (including phenoxy) is 1. The fourth-order valence-electron chi connectivity index (χ4n) is 2.57. The highest BCUT2D eigenvalue weighted by Crippen LogP contribution is 2.23. The number of hydrogen-bond acceptors (Lipinski definition) is 3. The smallest absolute Gasteiger partial charge is 0.255 e. The van der Waals surface area contributed by atoms with Gasteiger partial charge in [-0.05, 0) is 49.0 Å². The van der Waals surface area contributed by atoms with Crippen LogP contribution >= 0.6 is 11.6 Å². The monoisotopic (exact) mass is 330 g/mol. The minimum atomic E-state index is -0.150. The van der Waals surface area contributed by atoms with Crippen molar-refractivity contribution in [3.8, 4) is 0 Å². The van der Waals surface area contributed by atoms with Gasteiger partial charge in [0.2, 0.25) is 0 Å². The van der Waals surface area contributed by atoms with Crippen molar-refractivity contribution in [3.05, 3.63) is 64.7 Å². The molecule has 2 aromatic carbocycles. The van der Waals surface area contributed by atoms with E-state index in [-0.39, 0.29) is 12.0 Å². The molecule has 1 amide bonds. The van der Waals surface area contributed by atoms with E-state index in [0.717, 1.165) is 30.9 Å². The highest BCUT2D eigenvalue weighted by atomic mass is 35.5. The van der Waals surface area contributed by atoms with Gasteiger partial charge in [0.15, 0.2) is 0 Å². The topological polar surface area (TPSA) is 41.6 Å². The Morgan fingerprint density at radius 3 is 2.52 bits per heavy atom. The molecule has 1 heterocycles. The molecule has 4 nitrogen and oxygen atoms in total. The number of halogens is 1. The summed E-state index contributed by atoms with van der Waals surface area (Å²) in [5, 5.41) is 3.50. The second-order valence-corrected chi connectivity index (χ2v) is 6.14. The van der Waals surface area contributed by atoms with E-state index in [1.165, 1.54) is 0 Å². The lowest BCUT2D eigenvalue weighted by molar-refractivity contribution is -0.0208. The maximum atomic E-state index is 12.2. The molecule has 5 heteroatoms. The lowest BCUT2D eigenvalue weighted by atomic mass is 10.1. The van der Waals surface area contributed by atoms with E-state index in [0.29, 0.717) is 10.6 Å². The first kappa shape index (κ1) is 16.0. The minimum absolute atomic E-state index is 0.0924. The van der Waals surface area contributed by atoms with Gasteiger partial charge in [-0.15, -0.1) is 0 Å². The molecule has 120 valence electrons. The average Bonchev–Trinajstić information content (AvgIpc) is 2.56. The average molecular weight is 331 g/mol. The van der Waals surface area contributed by atoms with Gasteiger partial charge in [-0.25, -0.2) is 0 Å². The van der Waals surface area contributed by atoms with Gasteiger partial charge in [0, 0.05) is 29.4 Å². The highest BCUT2D eigenvalue weighted by Gasteiger charge is 2.19. The van der Waals surface area contributed by atoms with Gasteiger partial charge in [-0.2, -0.15) is 0 Å². The predicted octanol–water partition coefficient (Wildman–Crippen LogP) is 3.60. The number of nitrogens with zero attached hydrogens (tertiary/aromatic N) is 1. The van der Waals surface area contributed by atoms with Crippen LogP contribution in [0.25, 0.3) is 0 Å². The Morgan fingerprint density at radius 2 is 1.87 bits per heavy atom. The van der Waals surface area contributed by atoms with E-state index in [4.69, 9.17) is 16.3 Å². The summed E-state index contributed by atoms with van der Waals surface area (Å²) < 4.78 is 5.79. The minimum Gasteiger partial charge on any atom is -0.371 e. The maximum absolute atomic E-state index is 12.2. The number of rotatable bonds is 3. The Bertz CT molecular complexity index is 670. The number of benzene rings is 2. The summed E-state index contributed by atoms with van der Waals surface area (Å²) in [5.41, 5.74) is 2.47. The molecular weight excluding hydrogens is 312 g/mol. The zero-order valence-corrected chi connectivity index (χ0v) is 13.7. The van der Waals surface area contributed by atoms with Crippen LogP contribution in [-0.4, -0.2) is 37.6 Å². The van der Waals surface area contributed by atoms with Gasteiger partial charge in [0.05, 0.1) is 12.7 Å². The largest absolute Gasteiger partial charge is 0.371 e. The lowest BCUT2D eigenvalue weighted by Gasteiger charge is -2.30. The molecule has 1 aliphatic heterocycles. The van der Waals surface area contributed by atoms with E-state index < -0.39 is 0 Å². The standard InChI is InChI=1S/C18H19ClN2O2/c1-21-10-11-23-17(12-21)13-4-8-16(9-5-13)20-18(22)14-2-6-15(19)7-3-14/h2-9,17H,10-12H2,1H3,(H,20,22)/t17-/m0/s1. The third kappa shape index (κ3) is 4.10. The van der Waals surface area contributed by atoms with Crippen LogP contribution in [0.15, 0.2) is 48.5 Å². The van der Waals surface area contributed by atoms with Crippen LogP contribution in [0.1, 0.15) is 22.0 Å². The molecule has 0 aliphatic carbocycles. The second-order valence-electron chi connectivity index (χ2n) is 5.70. The van der Waals surface area contributed by atoms with E-state index in [1.807, 2.05) is 24.3 Å². The molecule has 1 aliphatic rings. The Hall–Kier alpha value is -1.88. The van der Waals surface area contributed by atoms with Crippen molar-refractivity contribution in [1.29, 1.82) is 0 Å². The summed E-state index contributed by atoms with van der Waals surface area (Å²) in [5.74, 6) is -0.150. The number of carbonyl (C=O) groups excluding carboxylic acids is 1. The molecule has 0 spiro atoms. The first-order valence-electron chi connectivity index (χ1n) is 7.59. The van der Waals surface area contributed by atoms with E-state index >= 15 is 0 Å². The number of carbonyl (C=O) groups is 1. The number of anilines is 1. The van der Waals surface area contributed by atoms with Crippen LogP contribution in [0.4, 0.5) is 5.69 Å². The zero-order valence-electron chi connectivity index (χ0n) is 13.0. The first-order chi connectivity index (χ1) is 11.1. The first-order valence-corrected chi connectivity index (χ1v) is 7.96. The van der Waals surface area contributed by atoms with Crippen molar-refractivity contribution in [2.75, 3.05) is 32.1 Å². The molecule has 0 saturated carbocycles.